The van der Waals surface area contributed by atoms with Crippen LogP contribution in [0.4, 0.5) is 4.39 Å². The van der Waals surface area contributed by atoms with Crippen molar-refractivity contribution in [2.45, 2.75) is 13.5 Å². The van der Waals surface area contributed by atoms with Gasteiger partial charge in [0.05, 0.1) is 13.7 Å². The van der Waals surface area contributed by atoms with E-state index in [1.807, 2.05) is 13.0 Å². The lowest BCUT2D eigenvalue weighted by Gasteiger charge is -2.12. The van der Waals surface area contributed by atoms with Crippen molar-refractivity contribution in [1.29, 1.82) is 0 Å². The molecule has 2 aromatic carbocycles. The Morgan fingerprint density at radius 2 is 1.85 bits per heavy atom. The molecule has 0 aliphatic carbocycles. The Balaban J connectivity index is 1.81. The lowest BCUT2D eigenvalue weighted by atomic mass is 10.2. The van der Waals surface area contributed by atoms with Gasteiger partial charge in [-0.3, -0.25) is 4.79 Å². The van der Waals surface area contributed by atoms with Gasteiger partial charge in [-0.1, -0.05) is 18.2 Å². The molecule has 0 aliphatic rings. The van der Waals surface area contributed by atoms with Crippen molar-refractivity contribution < 1.29 is 13.9 Å². The Labute approximate surface area is 158 Å². The van der Waals surface area contributed by atoms with E-state index in [1.165, 1.54) is 12.1 Å². The Kier molecular flexibility index (Phi) is 8.09. The topological polar surface area (TPSA) is 74.8 Å². The van der Waals surface area contributed by atoms with Crippen molar-refractivity contribution in [3.8, 4) is 5.75 Å². The van der Waals surface area contributed by atoms with Crippen LogP contribution in [0.1, 0.15) is 22.8 Å². The number of nitrogens with one attached hydrogen (secondary N) is 3. The van der Waals surface area contributed by atoms with E-state index < -0.39 is 0 Å². The molecule has 0 radical (unpaired) electrons. The molecule has 0 atom stereocenters. The highest BCUT2D eigenvalue weighted by atomic mass is 19.1. The molecule has 6 nitrogen and oxygen atoms in total. The number of carbonyl (C=O) groups is 1. The summed E-state index contributed by atoms with van der Waals surface area (Å²) in [5.74, 6) is 0.801. The maximum absolute atomic E-state index is 13.2. The highest BCUT2D eigenvalue weighted by molar-refractivity contribution is 5.94. The van der Waals surface area contributed by atoms with Crippen LogP contribution >= 0.6 is 0 Å². The van der Waals surface area contributed by atoms with Crippen molar-refractivity contribution in [2.24, 2.45) is 4.99 Å². The van der Waals surface area contributed by atoms with Crippen LogP contribution in [-0.2, 0) is 6.54 Å². The third-order valence-corrected chi connectivity index (χ3v) is 3.69. The number of halogens is 1. The molecule has 0 fully saturated rings. The maximum Gasteiger partial charge on any atom is 0.251 e. The van der Waals surface area contributed by atoms with Crippen LogP contribution in [0.3, 0.4) is 0 Å². The molecule has 0 bridgehead atoms. The predicted molar refractivity (Wildman–Crippen MR) is 105 cm³/mol. The first-order valence-electron chi connectivity index (χ1n) is 8.81. The summed E-state index contributed by atoms with van der Waals surface area (Å²) < 4.78 is 18.3. The fraction of sp³-hybridized carbons (Fsp3) is 0.300. The monoisotopic (exact) mass is 372 g/mol. The van der Waals surface area contributed by atoms with Crippen LogP contribution in [0.5, 0.6) is 5.75 Å². The van der Waals surface area contributed by atoms with Gasteiger partial charge in [0.1, 0.15) is 11.6 Å². The molecule has 0 saturated heterocycles. The van der Waals surface area contributed by atoms with Gasteiger partial charge in [-0.2, -0.15) is 0 Å². The molecule has 3 N–H and O–H groups in total. The summed E-state index contributed by atoms with van der Waals surface area (Å²) in [5, 5.41) is 9.10. The summed E-state index contributed by atoms with van der Waals surface area (Å²) in [6.45, 7) is 3.96. The van der Waals surface area contributed by atoms with Gasteiger partial charge in [0.25, 0.3) is 5.91 Å². The standard InChI is InChI=1S/C20H25FN4O2/c1-3-22-20(25-14-15-6-4-8-17(21)12-15)24-11-10-23-19(26)16-7-5-9-18(13-16)27-2/h4-9,12-13H,3,10-11,14H2,1-2H3,(H,23,26)(H2,22,24,25). The average molecular weight is 372 g/mol. The number of methoxy groups -OCH3 is 1. The zero-order valence-electron chi connectivity index (χ0n) is 15.6. The summed E-state index contributed by atoms with van der Waals surface area (Å²) >= 11 is 0. The van der Waals surface area contributed by atoms with Crippen molar-refractivity contribution in [3.63, 3.8) is 0 Å². The molecule has 144 valence electrons. The minimum Gasteiger partial charge on any atom is -0.497 e. The molecule has 0 spiro atoms. The number of hydrogen-bond donors (Lipinski definition) is 3. The van der Waals surface area contributed by atoms with Gasteiger partial charge in [-0.05, 0) is 42.8 Å². The first kappa shape index (κ1) is 20.2. The van der Waals surface area contributed by atoms with E-state index in [0.717, 1.165) is 5.56 Å². The number of amides is 1. The summed E-state index contributed by atoms with van der Waals surface area (Å²) in [6.07, 6.45) is 0. The molecule has 2 aromatic rings. The normalized spacial score (nSPS) is 11.0. The van der Waals surface area contributed by atoms with Gasteiger partial charge >= 0.3 is 0 Å². The number of ether oxygens (including phenoxy) is 1. The molecule has 7 heteroatoms. The second-order valence-electron chi connectivity index (χ2n) is 5.74. The second kappa shape index (κ2) is 10.8. The Morgan fingerprint density at radius 1 is 1.07 bits per heavy atom. The molecule has 0 aliphatic heterocycles. The molecule has 0 saturated carbocycles. The minimum absolute atomic E-state index is 0.169. The maximum atomic E-state index is 13.2. The van der Waals surface area contributed by atoms with Crippen molar-refractivity contribution >= 4 is 11.9 Å². The van der Waals surface area contributed by atoms with Crippen molar-refractivity contribution in [3.05, 3.63) is 65.5 Å². The first-order chi connectivity index (χ1) is 13.1. The molecule has 27 heavy (non-hydrogen) atoms. The minimum atomic E-state index is -0.277. The van der Waals surface area contributed by atoms with Crippen LogP contribution < -0.4 is 20.7 Å². The number of guanidine groups is 1. The lowest BCUT2D eigenvalue weighted by Crippen LogP contribution is -2.41. The van der Waals surface area contributed by atoms with Gasteiger partial charge in [0.15, 0.2) is 5.96 Å². The molecule has 0 unspecified atom stereocenters. The zero-order chi connectivity index (χ0) is 19.5. The molecule has 0 heterocycles. The third-order valence-electron chi connectivity index (χ3n) is 3.69. The zero-order valence-corrected chi connectivity index (χ0v) is 15.6. The molecule has 2 rings (SSSR count). The fourth-order valence-corrected chi connectivity index (χ4v) is 2.37. The number of aliphatic imine (C=N–C) groups is 1. The van der Waals surface area contributed by atoms with E-state index in [9.17, 15) is 9.18 Å². The van der Waals surface area contributed by atoms with Gasteiger partial charge in [0, 0.05) is 25.2 Å². The number of rotatable bonds is 8. The Bertz CT molecular complexity index is 780. The summed E-state index contributed by atoms with van der Waals surface area (Å²) in [5.41, 5.74) is 1.33. The fourth-order valence-electron chi connectivity index (χ4n) is 2.37. The van der Waals surface area contributed by atoms with E-state index >= 15 is 0 Å². The van der Waals surface area contributed by atoms with Crippen LogP contribution in [0, 0.1) is 5.82 Å². The number of carbonyl (C=O) groups excluding carboxylic acids is 1. The SMILES string of the molecule is CCNC(=NCc1cccc(F)c1)NCCNC(=O)c1cccc(OC)c1. The van der Waals surface area contributed by atoms with Crippen molar-refractivity contribution in [2.75, 3.05) is 26.7 Å². The summed E-state index contributed by atoms with van der Waals surface area (Å²) in [4.78, 5) is 16.6. The van der Waals surface area contributed by atoms with Crippen LogP contribution in [-0.4, -0.2) is 38.6 Å². The average Bonchev–Trinajstić information content (AvgIpc) is 2.69. The van der Waals surface area contributed by atoms with Crippen molar-refractivity contribution in [1.82, 2.24) is 16.0 Å². The van der Waals surface area contributed by atoms with Gasteiger partial charge < -0.3 is 20.7 Å². The van der Waals surface area contributed by atoms with E-state index in [0.29, 0.717) is 43.5 Å². The quantitative estimate of drug-likeness (QED) is 0.378. The van der Waals surface area contributed by atoms with Crippen LogP contribution in [0.2, 0.25) is 0 Å². The number of benzene rings is 2. The molecular formula is C20H25FN4O2. The number of nitrogens with zero attached hydrogens (tertiary/aromatic N) is 1. The van der Waals surface area contributed by atoms with E-state index in [1.54, 1.807) is 37.4 Å². The van der Waals surface area contributed by atoms with E-state index in [-0.39, 0.29) is 11.7 Å². The lowest BCUT2D eigenvalue weighted by molar-refractivity contribution is 0.0954. The summed E-state index contributed by atoms with van der Waals surface area (Å²) in [6, 6.07) is 13.3. The second-order valence-corrected chi connectivity index (χ2v) is 5.74. The van der Waals surface area contributed by atoms with Gasteiger partial charge in [-0.15, -0.1) is 0 Å². The first-order valence-corrected chi connectivity index (χ1v) is 8.81. The predicted octanol–water partition coefficient (Wildman–Crippen LogP) is 2.32. The molecular weight excluding hydrogens is 347 g/mol. The third kappa shape index (κ3) is 6.97. The smallest absolute Gasteiger partial charge is 0.251 e. The van der Waals surface area contributed by atoms with Gasteiger partial charge in [0.2, 0.25) is 0 Å². The van der Waals surface area contributed by atoms with Crippen LogP contribution in [0.25, 0.3) is 0 Å². The van der Waals surface area contributed by atoms with Crippen LogP contribution in [0.15, 0.2) is 53.5 Å². The summed E-state index contributed by atoms with van der Waals surface area (Å²) in [7, 11) is 1.56. The van der Waals surface area contributed by atoms with E-state index in [4.69, 9.17) is 4.74 Å². The van der Waals surface area contributed by atoms with E-state index in [2.05, 4.69) is 20.9 Å². The molecule has 1 amide bonds. The molecule has 0 aromatic heterocycles. The highest BCUT2D eigenvalue weighted by Gasteiger charge is 2.06. The van der Waals surface area contributed by atoms with Gasteiger partial charge in [-0.25, -0.2) is 9.38 Å². The Morgan fingerprint density at radius 3 is 2.59 bits per heavy atom. The highest BCUT2D eigenvalue weighted by Crippen LogP contribution is 2.12. The largest absolute Gasteiger partial charge is 0.497 e. The number of hydrogen-bond acceptors (Lipinski definition) is 3. The Hall–Kier alpha value is -3.09.